The molecule has 0 saturated carbocycles. The number of hydrogen-bond acceptors (Lipinski definition) is 9. The second-order valence-electron chi connectivity index (χ2n) is 11.2. The molecule has 1 aliphatic rings. The molecule has 45 heavy (non-hydrogen) atoms. The van der Waals surface area contributed by atoms with Crippen LogP contribution in [0.4, 0.5) is 17.1 Å². The molecule has 13 nitrogen and oxygen atoms in total. The molecule has 1 aliphatic heterocycles. The van der Waals surface area contributed by atoms with Gasteiger partial charge in [0.1, 0.15) is 0 Å². The summed E-state index contributed by atoms with van der Waals surface area (Å²) in [5.41, 5.74) is 9.77. The average molecular weight is 638 g/mol. The van der Waals surface area contributed by atoms with Gasteiger partial charge in [0.15, 0.2) is 4.90 Å². The van der Waals surface area contributed by atoms with Crippen molar-refractivity contribution in [1.29, 1.82) is 0 Å². The Morgan fingerprint density at radius 1 is 1.02 bits per heavy atom. The van der Waals surface area contributed by atoms with E-state index >= 15 is 0 Å². The summed E-state index contributed by atoms with van der Waals surface area (Å²) >= 11 is 0. The molecule has 240 valence electrons. The number of nitro groups is 1. The number of carbonyl (C=O) groups is 2. The molecule has 3 aromatic rings. The number of nitrogens with zero attached hydrogens (tertiary/aromatic N) is 5. The molecule has 2 amide bonds. The van der Waals surface area contributed by atoms with Crippen LogP contribution < -0.4 is 16.0 Å². The van der Waals surface area contributed by atoms with Crippen molar-refractivity contribution in [3.05, 3.63) is 93.5 Å². The standard InChI is InChI=1S/C31H39N7O6S/c1-22(2)37(45(43,44)29-12-8-7-11-27(29)38(41)42)16-15-33-30(39)20-35(28-17-26(32)14-13-23(28)3)21-31(40)34(4)36-18-24-9-5-6-10-25(24)19-36/h5-14,17,22H,15-16,18-21,32H2,1-4H3,(H,33,39). The molecule has 0 fully saturated rings. The van der Waals surface area contributed by atoms with Gasteiger partial charge in [0.2, 0.25) is 15.9 Å². The first-order valence-corrected chi connectivity index (χ1v) is 15.9. The third-order valence-corrected chi connectivity index (χ3v) is 9.85. The Hall–Kier alpha value is -4.53. The monoisotopic (exact) mass is 637 g/mol. The van der Waals surface area contributed by atoms with Crippen molar-refractivity contribution in [1.82, 2.24) is 19.6 Å². The number of hydrogen-bond donors (Lipinski definition) is 2. The van der Waals surface area contributed by atoms with Gasteiger partial charge < -0.3 is 16.0 Å². The van der Waals surface area contributed by atoms with Crippen LogP contribution in [0.15, 0.2) is 71.6 Å². The Morgan fingerprint density at radius 3 is 2.27 bits per heavy atom. The second kappa shape index (κ2) is 14.1. The van der Waals surface area contributed by atoms with E-state index in [0.717, 1.165) is 27.1 Å². The van der Waals surface area contributed by atoms with Gasteiger partial charge >= 0.3 is 0 Å². The number of amides is 2. The van der Waals surface area contributed by atoms with Gasteiger partial charge in [-0.2, -0.15) is 4.31 Å². The van der Waals surface area contributed by atoms with Gasteiger partial charge in [0.05, 0.1) is 18.0 Å². The van der Waals surface area contributed by atoms with Gasteiger partial charge in [0, 0.05) is 56.7 Å². The van der Waals surface area contributed by atoms with Crippen LogP contribution >= 0.6 is 0 Å². The Labute approximate surface area is 263 Å². The Bertz CT molecular complexity index is 1660. The fraction of sp³-hybridized carbons (Fsp3) is 0.355. The molecule has 0 bridgehead atoms. The van der Waals surface area contributed by atoms with Crippen LogP contribution in [0, 0.1) is 17.0 Å². The zero-order chi connectivity index (χ0) is 32.9. The highest BCUT2D eigenvalue weighted by Gasteiger charge is 2.33. The van der Waals surface area contributed by atoms with E-state index in [4.69, 9.17) is 5.73 Å². The molecule has 0 saturated heterocycles. The lowest BCUT2D eigenvalue weighted by Gasteiger charge is -2.32. The van der Waals surface area contributed by atoms with Crippen molar-refractivity contribution in [2.24, 2.45) is 0 Å². The van der Waals surface area contributed by atoms with Crippen molar-refractivity contribution in [2.45, 2.75) is 44.8 Å². The fourth-order valence-corrected chi connectivity index (χ4v) is 7.08. The number of anilines is 2. The number of hydrazine groups is 1. The Kier molecular flexibility index (Phi) is 10.4. The molecule has 0 spiro atoms. The van der Waals surface area contributed by atoms with E-state index in [9.17, 15) is 28.1 Å². The minimum atomic E-state index is -4.24. The number of fused-ring (bicyclic) bond motifs is 1. The number of aryl methyl sites for hydroxylation is 1. The van der Waals surface area contributed by atoms with Crippen molar-refractivity contribution in [2.75, 3.05) is 43.9 Å². The maximum Gasteiger partial charge on any atom is 0.289 e. The van der Waals surface area contributed by atoms with E-state index in [1.807, 2.05) is 42.3 Å². The summed E-state index contributed by atoms with van der Waals surface area (Å²) in [6, 6.07) is 17.9. The quantitative estimate of drug-likeness (QED) is 0.163. The zero-order valence-corrected chi connectivity index (χ0v) is 26.7. The van der Waals surface area contributed by atoms with Gasteiger partial charge in [-0.3, -0.25) is 24.7 Å². The molecule has 3 N–H and O–H groups in total. The summed E-state index contributed by atoms with van der Waals surface area (Å²) in [7, 11) is -2.54. The highest BCUT2D eigenvalue weighted by atomic mass is 32.2. The number of nitrogens with two attached hydrogens (primary N) is 1. The number of para-hydroxylation sites is 1. The summed E-state index contributed by atoms with van der Waals surface area (Å²) in [6.45, 7) is 5.88. The average Bonchev–Trinajstić information content (AvgIpc) is 3.44. The van der Waals surface area contributed by atoms with Crippen molar-refractivity contribution in [3.63, 3.8) is 0 Å². The second-order valence-corrected chi connectivity index (χ2v) is 13.1. The van der Waals surface area contributed by atoms with E-state index < -0.39 is 37.5 Å². The van der Waals surface area contributed by atoms with Crippen LogP contribution in [0.2, 0.25) is 0 Å². The number of sulfonamides is 1. The van der Waals surface area contributed by atoms with E-state index in [0.29, 0.717) is 24.5 Å². The predicted molar refractivity (Wildman–Crippen MR) is 171 cm³/mol. The molecular formula is C31H39N7O6S. The minimum absolute atomic E-state index is 0.0550. The molecule has 4 rings (SSSR count). The maximum atomic E-state index is 13.5. The lowest BCUT2D eigenvalue weighted by Crippen LogP contribution is -2.49. The van der Waals surface area contributed by atoms with Crippen LogP contribution in [0.1, 0.15) is 30.5 Å². The van der Waals surface area contributed by atoms with Crippen LogP contribution in [-0.2, 0) is 32.7 Å². The van der Waals surface area contributed by atoms with Crippen LogP contribution in [-0.4, -0.2) is 78.7 Å². The summed E-state index contributed by atoms with van der Waals surface area (Å²) < 4.78 is 27.9. The normalized spacial score (nSPS) is 13.1. The largest absolute Gasteiger partial charge is 0.399 e. The highest BCUT2D eigenvalue weighted by Crippen LogP contribution is 2.28. The lowest BCUT2D eigenvalue weighted by atomic mass is 10.1. The lowest BCUT2D eigenvalue weighted by molar-refractivity contribution is -0.387. The van der Waals surface area contributed by atoms with E-state index in [1.54, 1.807) is 42.9 Å². The summed E-state index contributed by atoms with van der Waals surface area (Å²) in [4.78, 5) is 38.7. The van der Waals surface area contributed by atoms with Gasteiger partial charge in [-0.25, -0.2) is 13.4 Å². The molecular weight excluding hydrogens is 598 g/mol. The third kappa shape index (κ3) is 7.77. The number of nitrogens with one attached hydrogen (secondary N) is 1. The van der Waals surface area contributed by atoms with E-state index in [-0.39, 0.29) is 32.1 Å². The minimum Gasteiger partial charge on any atom is -0.399 e. The molecule has 0 atom stereocenters. The molecule has 0 unspecified atom stereocenters. The molecule has 0 aliphatic carbocycles. The van der Waals surface area contributed by atoms with Crippen LogP contribution in [0.3, 0.4) is 0 Å². The fourth-order valence-electron chi connectivity index (χ4n) is 5.29. The van der Waals surface area contributed by atoms with Crippen molar-refractivity contribution < 1.29 is 22.9 Å². The first-order chi connectivity index (χ1) is 21.3. The SMILES string of the molecule is Cc1ccc(N)cc1N(CC(=O)NCCN(C(C)C)S(=O)(=O)c1ccccc1[N+](=O)[O-])CC(=O)N(C)N1Cc2ccccc2C1. The molecule has 1 heterocycles. The third-order valence-electron chi connectivity index (χ3n) is 7.72. The number of nitrogen functional groups attached to an aromatic ring is 1. The molecule has 3 aromatic carbocycles. The van der Waals surface area contributed by atoms with Crippen LogP contribution in [0.25, 0.3) is 0 Å². The highest BCUT2D eigenvalue weighted by molar-refractivity contribution is 7.89. The van der Waals surface area contributed by atoms with Crippen LogP contribution in [0.5, 0.6) is 0 Å². The molecule has 0 aromatic heterocycles. The Morgan fingerprint density at radius 2 is 1.64 bits per heavy atom. The number of nitro benzene ring substituents is 1. The Balaban J connectivity index is 1.45. The van der Waals surface area contributed by atoms with Gasteiger partial charge in [-0.15, -0.1) is 0 Å². The topological polar surface area (TPSA) is 162 Å². The van der Waals surface area contributed by atoms with Gasteiger partial charge in [-0.1, -0.05) is 42.5 Å². The van der Waals surface area contributed by atoms with Gasteiger partial charge in [-0.05, 0) is 55.7 Å². The molecule has 14 heteroatoms. The smallest absolute Gasteiger partial charge is 0.289 e. The first kappa shape index (κ1) is 33.4. The van der Waals surface area contributed by atoms with E-state index in [1.165, 1.54) is 18.2 Å². The maximum absolute atomic E-state index is 13.5. The zero-order valence-electron chi connectivity index (χ0n) is 25.8. The predicted octanol–water partition coefficient (Wildman–Crippen LogP) is 2.90. The number of rotatable bonds is 13. The van der Waals surface area contributed by atoms with Crippen molar-refractivity contribution in [3.8, 4) is 0 Å². The van der Waals surface area contributed by atoms with Crippen molar-refractivity contribution >= 4 is 38.9 Å². The first-order valence-electron chi connectivity index (χ1n) is 14.5. The number of likely N-dealkylation sites (N-methyl/N-ethyl adjacent to an activating group) is 1. The summed E-state index contributed by atoms with van der Waals surface area (Å²) in [5, 5.41) is 17.8. The molecule has 0 radical (unpaired) electrons. The summed E-state index contributed by atoms with van der Waals surface area (Å²) in [6.07, 6.45) is 0. The number of carbonyl (C=O) groups excluding carboxylic acids is 2. The number of benzene rings is 3. The van der Waals surface area contributed by atoms with E-state index in [2.05, 4.69) is 5.32 Å². The summed E-state index contributed by atoms with van der Waals surface area (Å²) in [5.74, 6) is -0.661. The van der Waals surface area contributed by atoms with Gasteiger partial charge in [0.25, 0.3) is 11.6 Å².